The average molecular weight is 491 g/mol. The van der Waals surface area contributed by atoms with Crippen LogP contribution >= 0.6 is 0 Å². The number of imide groups is 2. The van der Waals surface area contributed by atoms with E-state index in [0.717, 1.165) is 10.5 Å². The highest BCUT2D eigenvalue weighted by Crippen LogP contribution is 2.25. The summed E-state index contributed by atoms with van der Waals surface area (Å²) in [7, 11) is 3.06. The molecule has 1 aliphatic rings. The second-order valence-electron chi connectivity index (χ2n) is 8.05. The van der Waals surface area contributed by atoms with Gasteiger partial charge in [-0.25, -0.2) is 9.18 Å². The molecule has 1 fully saturated rings. The Balaban J connectivity index is 1.45. The summed E-state index contributed by atoms with van der Waals surface area (Å²) in [5.74, 6) is -1.24. The molecule has 1 N–H and O–H groups in total. The fourth-order valence-electron chi connectivity index (χ4n) is 3.63. The molecule has 0 atom stereocenters. The van der Waals surface area contributed by atoms with Crippen molar-refractivity contribution >= 4 is 23.8 Å². The maximum absolute atomic E-state index is 13.2. The molecular weight excluding hydrogens is 469 g/mol. The number of methoxy groups -OCH3 is 1. The number of benzene rings is 3. The van der Waals surface area contributed by atoms with Gasteiger partial charge in [0.2, 0.25) is 0 Å². The summed E-state index contributed by atoms with van der Waals surface area (Å²) in [4.78, 5) is 50.6. The number of rotatable bonds is 8. The van der Waals surface area contributed by atoms with Crippen molar-refractivity contribution in [2.45, 2.75) is 13.1 Å². The molecular formula is C26H22FN3O6. The zero-order chi connectivity index (χ0) is 25.8. The highest BCUT2D eigenvalue weighted by Gasteiger charge is 2.36. The van der Waals surface area contributed by atoms with Gasteiger partial charge in [-0.15, -0.1) is 0 Å². The van der Waals surface area contributed by atoms with Gasteiger partial charge >= 0.3 is 17.8 Å². The molecule has 3 aromatic carbocycles. The van der Waals surface area contributed by atoms with Crippen LogP contribution in [0.5, 0.6) is 17.2 Å². The zero-order valence-corrected chi connectivity index (χ0v) is 19.5. The van der Waals surface area contributed by atoms with Gasteiger partial charge in [0.1, 0.15) is 23.1 Å². The zero-order valence-electron chi connectivity index (χ0n) is 19.5. The first-order chi connectivity index (χ1) is 17.2. The molecule has 1 aliphatic heterocycles. The summed E-state index contributed by atoms with van der Waals surface area (Å²) >= 11 is 0. The van der Waals surface area contributed by atoms with E-state index in [2.05, 4.69) is 0 Å². The fraction of sp³-hybridized carbons (Fsp3) is 0.154. The largest absolute Gasteiger partial charge is 0.496 e. The van der Waals surface area contributed by atoms with E-state index >= 15 is 0 Å². The Hall–Kier alpha value is -4.73. The minimum Gasteiger partial charge on any atom is -0.496 e. The second kappa shape index (κ2) is 10.3. The Kier molecular flexibility index (Phi) is 6.95. The summed E-state index contributed by atoms with van der Waals surface area (Å²) in [6.45, 7) is 0.116. The van der Waals surface area contributed by atoms with Crippen LogP contribution < -0.4 is 14.8 Å². The molecule has 5 amide bonds. The SMILES string of the molecule is COc1ccc(CN2C(=O)NC(=O)C2=O)cc1C(=O)N(C)Cc1ccc(Oc2ccc(F)cc2)cc1. The molecule has 0 unspecified atom stereocenters. The highest BCUT2D eigenvalue weighted by molar-refractivity contribution is 6.44. The van der Waals surface area contributed by atoms with Crippen LogP contribution in [0.1, 0.15) is 21.5 Å². The minimum atomic E-state index is -0.987. The van der Waals surface area contributed by atoms with Crippen LogP contribution in [-0.4, -0.2) is 47.7 Å². The molecule has 1 saturated heterocycles. The maximum atomic E-state index is 13.2. The van der Waals surface area contributed by atoms with Crippen molar-refractivity contribution in [1.82, 2.24) is 15.1 Å². The van der Waals surface area contributed by atoms with Crippen LogP contribution in [0.4, 0.5) is 9.18 Å². The molecule has 10 heteroatoms. The Morgan fingerprint density at radius 1 is 0.944 bits per heavy atom. The third-order valence-corrected chi connectivity index (χ3v) is 5.48. The van der Waals surface area contributed by atoms with Gasteiger partial charge in [0.15, 0.2) is 0 Å². The van der Waals surface area contributed by atoms with Gasteiger partial charge in [-0.2, -0.15) is 0 Å². The van der Waals surface area contributed by atoms with Crippen LogP contribution in [0.3, 0.4) is 0 Å². The lowest BCUT2D eigenvalue weighted by Crippen LogP contribution is -2.31. The number of nitrogens with zero attached hydrogens (tertiary/aromatic N) is 2. The lowest BCUT2D eigenvalue weighted by Gasteiger charge is -2.20. The summed E-state index contributed by atoms with van der Waals surface area (Å²) in [5.41, 5.74) is 1.56. The summed E-state index contributed by atoms with van der Waals surface area (Å²) in [6, 6.07) is 16.7. The molecule has 1 heterocycles. The smallest absolute Gasteiger partial charge is 0.331 e. The quantitative estimate of drug-likeness (QED) is 0.382. The van der Waals surface area contributed by atoms with Gasteiger partial charge < -0.3 is 14.4 Å². The molecule has 9 nitrogen and oxygen atoms in total. The predicted octanol–water partition coefficient (Wildman–Crippen LogP) is 3.48. The number of halogens is 1. The van der Waals surface area contributed by atoms with Crippen molar-refractivity contribution in [2.75, 3.05) is 14.2 Å². The predicted molar refractivity (Wildman–Crippen MR) is 126 cm³/mol. The minimum absolute atomic E-state index is 0.167. The molecule has 4 rings (SSSR count). The molecule has 0 radical (unpaired) electrons. The van der Waals surface area contributed by atoms with Crippen LogP contribution in [0, 0.1) is 5.82 Å². The Labute approximate surface area is 206 Å². The molecule has 36 heavy (non-hydrogen) atoms. The van der Waals surface area contributed by atoms with E-state index in [1.165, 1.54) is 42.3 Å². The fourth-order valence-corrected chi connectivity index (χ4v) is 3.63. The van der Waals surface area contributed by atoms with E-state index in [-0.39, 0.29) is 30.4 Å². The van der Waals surface area contributed by atoms with Crippen molar-refractivity contribution < 1.29 is 33.0 Å². The van der Waals surface area contributed by atoms with Crippen LogP contribution in [0.25, 0.3) is 0 Å². The Morgan fingerprint density at radius 3 is 2.14 bits per heavy atom. The molecule has 0 spiro atoms. The lowest BCUT2D eigenvalue weighted by molar-refractivity contribution is -0.140. The summed E-state index contributed by atoms with van der Waals surface area (Å²) in [5, 5.41) is 1.94. The first-order valence-electron chi connectivity index (χ1n) is 10.9. The van der Waals surface area contributed by atoms with Crippen LogP contribution in [0.2, 0.25) is 0 Å². The van der Waals surface area contributed by atoms with Crippen LogP contribution in [-0.2, 0) is 22.7 Å². The van der Waals surface area contributed by atoms with Crippen molar-refractivity contribution in [3.05, 3.63) is 89.2 Å². The van der Waals surface area contributed by atoms with Crippen molar-refractivity contribution in [3.63, 3.8) is 0 Å². The monoisotopic (exact) mass is 491 g/mol. The molecule has 184 valence electrons. The average Bonchev–Trinajstić information content (AvgIpc) is 3.11. The maximum Gasteiger partial charge on any atom is 0.331 e. The van der Waals surface area contributed by atoms with Gasteiger partial charge in [-0.05, 0) is 59.7 Å². The summed E-state index contributed by atoms with van der Waals surface area (Å²) < 4.78 is 24.1. The van der Waals surface area contributed by atoms with Gasteiger partial charge in [0.05, 0.1) is 19.2 Å². The van der Waals surface area contributed by atoms with Gasteiger partial charge in [0, 0.05) is 13.6 Å². The molecule has 0 bridgehead atoms. The van der Waals surface area contributed by atoms with Crippen molar-refractivity contribution in [1.29, 1.82) is 0 Å². The molecule has 0 aromatic heterocycles. The van der Waals surface area contributed by atoms with Gasteiger partial charge in [-0.3, -0.25) is 24.6 Å². The number of carbonyl (C=O) groups is 4. The standard InChI is InChI=1S/C26H22FN3O6/c1-29(14-16-3-8-19(9-4-16)36-20-10-6-18(27)7-11-20)24(32)21-13-17(5-12-22(21)35-2)15-30-25(33)23(31)28-26(30)34/h3-13H,14-15H2,1-2H3,(H,28,31,34). The first-order valence-corrected chi connectivity index (χ1v) is 10.9. The Morgan fingerprint density at radius 2 is 1.56 bits per heavy atom. The van der Waals surface area contributed by atoms with Gasteiger partial charge in [0.25, 0.3) is 5.91 Å². The van der Waals surface area contributed by atoms with E-state index in [9.17, 15) is 23.6 Å². The number of urea groups is 1. The second-order valence-corrected chi connectivity index (χ2v) is 8.05. The van der Waals surface area contributed by atoms with Crippen molar-refractivity contribution in [2.24, 2.45) is 0 Å². The van der Waals surface area contributed by atoms with Crippen LogP contribution in [0.15, 0.2) is 66.7 Å². The number of hydrogen-bond acceptors (Lipinski definition) is 6. The lowest BCUT2D eigenvalue weighted by atomic mass is 10.1. The molecule has 0 saturated carbocycles. The number of hydrogen-bond donors (Lipinski definition) is 1. The topological polar surface area (TPSA) is 105 Å². The van der Waals surface area contributed by atoms with E-state index in [0.29, 0.717) is 22.8 Å². The van der Waals surface area contributed by atoms with E-state index < -0.39 is 17.8 Å². The van der Waals surface area contributed by atoms with E-state index in [1.54, 1.807) is 31.3 Å². The Bertz CT molecular complexity index is 1320. The first kappa shape index (κ1) is 24.4. The number of nitrogens with one attached hydrogen (secondary N) is 1. The van der Waals surface area contributed by atoms with E-state index in [1.807, 2.05) is 17.4 Å². The number of ether oxygens (including phenoxy) is 2. The molecule has 0 aliphatic carbocycles. The van der Waals surface area contributed by atoms with E-state index in [4.69, 9.17) is 9.47 Å². The van der Waals surface area contributed by atoms with Crippen molar-refractivity contribution in [3.8, 4) is 17.2 Å². The van der Waals surface area contributed by atoms with Gasteiger partial charge in [-0.1, -0.05) is 18.2 Å². The molecule has 3 aromatic rings. The third-order valence-electron chi connectivity index (χ3n) is 5.48. The third kappa shape index (κ3) is 5.33. The number of amides is 5. The number of carbonyl (C=O) groups excluding carboxylic acids is 4. The summed E-state index contributed by atoms with van der Waals surface area (Å²) in [6.07, 6.45) is 0. The normalized spacial score (nSPS) is 13.0. The highest BCUT2D eigenvalue weighted by atomic mass is 19.1.